The summed E-state index contributed by atoms with van der Waals surface area (Å²) in [6.07, 6.45) is 1.29. The van der Waals surface area contributed by atoms with Crippen LogP contribution in [-0.2, 0) is 21.3 Å². The molecule has 3 N–H and O–H groups in total. The maximum Gasteiger partial charge on any atom is 0.245 e. The van der Waals surface area contributed by atoms with Gasteiger partial charge in [0, 0.05) is 32.4 Å². The van der Waals surface area contributed by atoms with Crippen LogP contribution in [0, 0.1) is 0 Å². The summed E-state index contributed by atoms with van der Waals surface area (Å²) in [6, 6.07) is 0. The van der Waals surface area contributed by atoms with Gasteiger partial charge in [0.25, 0.3) is 0 Å². The Morgan fingerprint density at radius 1 is 1.60 bits per heavy atom. The van der Waals surface area contributed by atoms with Crippen molar-refractivity contribution in [3.05, 3.63) is 6.20 Å². The van der Waals surface area contributed by atoms with E-state index < -0.39 is 10.0 Å². The van der Waals surface area contributed by atoms with Gasteiger partial charge in [-0.2, -0.15) is 5.10 Å². The summed E-state index contributed by atoms with van der Waals surface area (Å²) in [6.45, 7) is 4.83. The third kappa shape index (κ3) is 3.48. The Labute approximate surface area is 118 Å². The number of ether oxygens (including phenoxy) is 1. The smallest absolute Gasteiger partial charge is 0.245 e. The monoisotopic (exact) mass is 303 g/mol. The molecular formula is C11H21N5O3S. The first-order chi connectivity index (χ1) is 9.42. The molecule has 0 aromatic carbocycles. The lowest BCUT2D eigenvalue weighted by atomic mass is 10.3. The van der Waals surface area contributed by atoms with Crippen molar-refractivity contribution in [3.8, 4) is 0 Å². The lowest BCUT2D eigenvalue weighted by Gasteiger charge is -2.29. The molecule has 8 nitrogen and oxygen atoms in total. The minimum absolute atomic E-state index is 0.0148. The molecule has 1 aromatic rings. The Morgan fingerprint density at radius 2 is 2.35 bits per heavy atom. The molecule has 9 heteroatoms. The van der Waals surface area contributed by atoms with E-state index in [-0.39, 0.29) is 23.4 Å². The van der Waals surface area contributed by atoms with Crippen molar-refractivity contribution < 1.29 is 13.2 Å². The van der Waals surface area contributed by atoms with Crippen LogP contribution in [0.1, 0.15) is 6.92 Å². The van der Waals surface area contributed by atoms with Crippen LogP contribution in [0.25, 0.3) is 0 Å². The molecule has 0 radical (unpaired) electrons. The molecule has 1 atom stereocenters. The van der Waals surface area contributed by atoms with E-state index in [2.05, 4.69) is 14.7 Å². The number of sulfonamides is 1. The number of aryl methyl sites for hydroxylation is 1. The quantitative estimate of drug-likeness (QED) is 0.730. The average Bonchev–Trinajstić information content (AvgIpc) is 2.79. The molecule has 20 heavy (non-hydrogen) atoms. The molecule has 1 saturated heterocycles. The highest BCUT2D eigenvalue weighted by Gasteiger charge is 2.24. The van der Waals surface area contributed by atoms with Gasteiger partial charge < -0.3 is 15.4 Å². The topological polar surface area (TPSA) is 102 Å². The predicted molar refractivity (Wildman–Crippen MR) is 74.7 cm³/mol. The van der Waals surface area contributed by atoms with Gasteiger partial charge in [-0.15, -0.1) is 0 Å². The fourth-order valence-electron chi connectivity index (χ4n) is 2.06. The van der Waals surface area contributed by atoms with E-state index in [0.717, 1.165) is 6.54 Å². The highest BCUT2D eigenvalue weighted by molar-refractivity contribution is 7.89. The number of nitrogens with one attached hydrogen (secondary N) is 1. The number of morpholine rings is 1. The van der Waals surface area contributed by atoms with Crippen LogP contribution in [0.5, 0.6) is 0 Å². The third-order valence-electron chi connectivity index (χ3n) is 3.21. The van der Waals surface area contributed by atoms with Gasteiger partial charge in [-0.1, -0.05) is 0 Å². The third-order valence-corrected chi connectivity index (χ3v) is 4.65. The number of rotatable bonds is 5. The fraction of sp³-hybridized carbons (Fsp3) is 0.727. The summed E-state index contributed by atoms with van der Waals surface area (Å²) in [5, 5.41) is 3.94. The highest BCUT2D eigenvalue weighted by Crippen LogP contribution is 2.16. The fourth-order valence-corrected chi connectivity index (χ4v) is 3.20. The summed E-state index contributed by atoms with van der Waals surface area (Å²) in [5.74, 6) is 0.0148. The van der Waals surface area contributed by atoms with Crippen molar-refractivity contribution in [1.29, 1.82) is 0 Å². The number of nitrogen functional groups attached to an aromatic ring is 1. The van der Waals surface area contributed by atoms with Crippen molar-refractivity contribution in [3.63, 3.8) is 0 Å². The Hall–Kier alpha value is -1.16. The largest absolute Gasteiger partial charge is 0.381 e. The van der Waals surface area contributed by atoms with Crippen molar-refractivity contribution in [2.45, 2.75) is 24.5 Å². The van der Waals surface area contributed by atoms with E-state index in [9.17, 15) is 8.42 Å². The number of nitrogens with two attached hydrogens (primary N) is 1. The van der Waals surface area contributed by atoms with Gasteiger partial charge in [-0.25, -0.2) is 13.1 Å². The Morgan fingerprint density at radius 3 is 2.95 bits per heavy atom. The lowest BCUT2D eigenvalue weighted by Crippen LogP contribution is -2.45. The first-order valence-electron chi connectivity index (χ1n) is 6.55. The average molecular weight is 303 g/mol. The number of likely N-dealkylation sites (N-methyl/N-ethyl adjacent to an activating group) is 1. The van der Waals surface area contributed by atoms with E-state index in [1.807, 2.05) is 14.0 Å². The summed E-state index contributed by atoms with van der Waals surface area (Å²) in [7, 11) is -1.67. The standard InChI is InChI=1S/C11H21N5O3S/c1-3-16-8-10(11(12)14-16)20(17,18)13-6-9-7-15(2)4-5-19-9/h8-9,13H,3-7H2,1-2H3,(H2,12,14). The Kier molecular flexibility index (Phi) is 4.63. The van der Waals surface area contributed by atoms with Gasteiger partial charge in [-0.05, 0) is 14.0 Å². The molecule has 1 aromatic heterocycles. The molecule has 0 aliphatic carbocycles. The van der Waals surface area contributed by atoms with Gasteiger partial charge in [-0.3, -0.25) is 4.68 Å². The maximum atomic E-state index is 12.2. The normalized spacial score (nSPS) is 21.2. The first-order valence-corrected chi connectivity index (χ1v) is 8.03. The van der Waals surface area contributed by atoms with Crippen molar-refractivity contribution in [1.82, 2.24) is 19.4 Å². The maximum absolute atomic E-state index is 12.2. The molecule has 1 aliphatic rings. The van der Waals surface area contributed by atoms with Crippen LogP contribution >= 0.6 is 0 Å². The molecule has 2 rings (SSSR count). The summed E-state index contributed by atoms with van der Waals surface area (Å²) >= 11 is 0. The van der Waals surface area contributed by atoms with Gasteiger partial charge in [0.15, 0.2) is 5.82 Å². The van der Waals surface area contributed by atoms with E-state index in [1.165, 1.54) is 10.9 Å². The van der Waals surface area contributed by atoms with E-state index in [0.29, 0.717) is 19.7 Å². The molecular weight excluding hydrogens is 282 g/mol. The number of nitrogens with zero attached hydrogens (tertiary/aromatic N) is 3. The second-order valence-electron chi connectivity index (χ2n) is 4.84. The van der Waals surface area contributed by atoms with Gasteiger partial charge in [0.1, 0.15) is 4.90 Å². The first kappa shape index (κ1) is 15.2. The zero-order chi connectivity index (χ0) is 14.8. The zero-order valence-electron chi connectivity index (χ0n) is 11.7. The molecule has 114 valence electrons. The second-order valence-corrected chi connectivity index (χ2v) is 6.58. The number of hydrogen-bond donors (Lipinski definition) is 2. The molecule has 0 spiro atoms. The summed E-state index contributed by atoms with van der Waals surface area (Å²) in [4.78, 5) is 2.12. The van der Waals surface area contributed by atoms with Gasteiger partial charge in [0.2, 0.25) is 10.0 Å². The SMILES string of the molecule is CCn1cc(S(=O)(=O)NCC2CN(C)CCO2)c(N)n1. The zero-order valence-corrected chi connectivity index (χ0v) is 12.6. The van der Waals surface area contributed by atoms with Gasteiger partial charge >= 0.3 is 0 Å². The van der Waals surface area contributed by atoms with Crippen LogP contribution in [0.3, 0.4) is 0 Å². The molecule has 0 bridgehead atoms. The minimum atomic E-state index is -3.65. The predicted octanol–water partition coefficient (Wildman–Crippen LogP) is -0.906. The number of hydrogen-bond acceptors (Lipinski definition) is 6. The van der Waals surface area contributed by atoms with Crippen LogP contribution in [0.2, 0.25) is 0 Å². The highest BCUT2D eigenvalue weighted by atomic mass is 32.2. The van der Waals surface area contributed by atoms with E-state index in [1.54, 1.807) is 0 Å². The van der Waals surface area contributed by atoms with Crippen LogP contribution in [-0.4, -0.2) is 62.5 Å². The van der Waals surface area contributed by atoms with E-state index in [4.69, 9.17) is 10.5 Å². The molecule has 2 heterocycles. The second kappa shape index (κ2) is 6.08. The van der Waals surface area contributed by atoms with E-state index >= 15 is 0 Å². The van der Waals surface area contributed by atoms with Gasteiger partial charge in [0.05, 0.1) is 12.7 Å². The van der Waals surface area contributed by atoms with Crippen LogP contribution < -0.4 is 10.5 Å². The molecule has 1 unspecified atom stereocenters. The molecule has 0 amide bonds. The number of aromatic nitrogens is 2. The minimum Gasteiger partial charge on any atom is -0.381 e. The molecule has 1 aliphatic heterocycles. The van der Waals surface area contributed by atoms with Crippen molar-refractivity contribution in [2.24, 2.45) is 0 Å². The lowest BCUT2D eigenvalue weighted by molar-refractivity contribution is -0.0156. The molecule has 1 fully saturated rings. The van der Waals surface area contributed by atoms with Crippen LogP contribution in [0.15, 0.2) is 11.1 Å². The molecule has 0 saturated carbocycles. The Balaban J connectivity index is 2.01. The van der Waals surface area contributed by atoms with Crippen molar-refractivity contribution in [2.75, 3.05) is 39.0 Å². The summed E-state index contributed by atoms with van der Waals surface area (Å²) in [5.41, 5.74) is 5.64. The van der Waals surface area contributed by atoms with Crippen LogP contribution in [0.4, 0.5) is 5.82 Å². The number of anilines is 1. The summed E-state index contributed by atoms with van der Waals surface area (Å²) < 4.78 is 33.9. The van der Waals surface area contributed by atoms with Crippen molar-refractivity contribution >= 4 is 15.8 Å². The Bertz CT molecular complexity index is 556.